The third kappa shape index (κ3) is 2.58. The summed E-state index contributed by atoms with van der Waals surface area (Å²) in [6.45, 7) is 4.21. The lowest BCUT2D eigenvalue weighted by atomic mass is 10.0. The maximum Gasteiger partial charge on any atom is 0.311 e. The third-order valence-corrected chi connectivity index (χ3v) is 4.09. The van der Waals surface area contributed by atoms with E-state index in [1.807, 2.05) is 12.1 Å². The standard InChI is InChI=1S/C19H20O2/c1-3-4-11-18(20)21-17-10-6-9-15-16(17)12-14-8-5-7-13(2)19(14)15/h5-10H,3-4,11-12H2,1-2H3. The van der Waals surface area contributed by atoms with Crippen molar-refractivity contribution in [2.45, 2.75) is 39.5 Å². The number of esters is 1. The van der Waals surface area contributed by atoms with E-state index >= 15 is 0 Å². The van der Waals surface area contributed by atoms with Crippen molar-refractivity contribution < 1.29 is 9.53 Å². The Kier molecular flexibility index (Phi) is 3.78. The van der Waals surface area contributed by atoms with Crippen LogP contribution in [0.25, 0.3) is 11.1 Å². The van der Waals surface area contributed by atoms with Crippen LogP contribution in [0.5, 0.6) is 5.75 Å². The second kappa shape index (κ2) is 5.72. The number of hydrogen-bond acceptors (Lipinski definition) is 2. The van der Waals surface area contributed by atoms with Gasteiger partial charge in [-0.25, -0.2) is 0 Å². The Hall–Kier alpha value is -2.09. The van der Waals surface area contributed by atoms with Crippen molar-refractivity contribution in [2.24, 2.45) is 0 Å². The molecule has 0 fully saturated rings. The third-order valence-electron chi connectivity index (χ3n) is 4.09. The highest BCUT2D eigenvalue weighted by Gasteiger charge is 2.23. The molecule has 0 radical (unpaired) electrons. The van der Waals surface area contributed by atoms with Gasteiger partial charge < -0.3 is 4.74 Å². The Balaban J connectivity index is 1.92. The molecule has 0 heterocycles. The van der Waals surface area contributed by atoms with Gasteiger partial charge in [-0.3, -0.25) is 4.79 Å². The van der Waals surface area contributed by atoms with Gasteiger partial charge in [0.25, 0.3) is 0 Å². The Morgan fingerprint density at radius 3 is 2.81 bits per heavy atom. The van der Waals surface area contributed by atoms with Gasteiger partial charge in [-0.15, -0.1) is 0 Å². The van der Waals surface area contributed by atoms with Gasteiger partial charge in [-0.05, 0) is 41.7 Å². The van der Waals surface area contributed by atoms with Gasteiger partial charge in [0.15, 0.2) is 0 Å². The maximum absolute atomic E-state index is 11.9. The van der Waals surface area contributed by atoms with E-state index in [0.717, 1.165) is 30.6 Å². The van der Waals surface area contributed by atoms with Gasteiger partial charge in [0, 0.05) is 18.4 Å². The molecule has 0 amide bonds. The fourth-order valence-corrected chi connectivity index (χ4v) is 3.02. The summed E-state index contributed by atoms with van der Waals surface area (Å²) < 4.78 is 5.59. The van der Waals surface area contributed by atoms with E-state index in [0.29, 0.717) is 6.42 Å². The van der Waals surface area contributed by atoms with Crippen LogP contribution in [-0.2, 0) is 11.2 Å². The van der Waals surface area contributed by atoms with Crippen LogP contribution in [0.3, 0.4) is 0 Å². The molecule has 2 heteroatoms. The predicted molar refractivity (Wildman–Crippen MR) is 84.6 cm³/mol. The SMILES string of the molecule is CCCCC(=O)Oc1cccc2c1Cc1cccc(C)c1-2. The first-order valence-electron chi connectivity index (χ1n) is 7.62. The van der Waals surface area contributed by atoms with E-state index in [2.05, 4.69) is 38.1 Å². The summed E-state index contributed by atoms with van der Waals surface area (Å²) in [6.07, 6.45) is 3.23. The summed E-state index contributed by atoms with van der Waals surface area (Å²) in [5.41, 5.74) is 6.26. The zero-order valence-electron chi connectivity index (χ0n) is 12.6. The smallest absolute Gasteiger partial charge is 0.311 e. The second-order valence-electron chi connectivity index (χ2n) is 5.65. The summed E-state index contributed by atoms with van der Waals surface area (Å²) in [5.74, 6) is 0.599. The highest BCUT2D eigenvalue weighted by Crippen LogP contribution is 2.42. The lowest BCUT2D eigenvalue weighted by Gasteiger charge is -2.09. The fraction of sp³-hybridized carbons (Fsp3) is 0.316. The monoisotopic (exact) mass is 280 g/mol. The summed E-state index contributed by atoms with van der Waals surface area (Å²) in [6, 6.07) is 12.4. The van der Waals surface area contributed by atoms with Gasteiger partial charge in [0.1, 0.15) is 5.75 Å². The van der Waals surface area contributed by atoms with E-state index in [1.54, 1.807) is 0 Å². The number of rotatable bonds is 4. The van der Waals surface area contributed by atoms with Gasteiger partial charge in [-0.2, -0.15) is 0 Å². The first-order valence-corrected chi connectivity index (χ1v) is 7.62. The Morgan fingerprint density at radius 1 is 1.19 bits per heavy atom. The van der Waals surface area contributed by atoms with Crippen LogP contribution in [0.1, 0.15) is 42.9 Å². The number of benzene rings is 2. The highest BCUT2D eigenvalue weighted by molar-refractivity contribution is 5.83. The molecule has 0 N–H and O–H groups in total. The maximum atomic E-state index is 11.9. The largest absolute Gasteiger partial charge is 0.426 e. The van der Waals surface area contributed by atoms with E-state index in [-0.39, 0.29) is 5.97 Å². The van der Waals surface area contributed by atoms with E-state index < -0.39 is 0 Å². The number of ether oxygens (including phenoxy) is 1. The average molecular weight is 280 g/mol. The first-order chi connectivity index (χ1) is 10.2. The van der Waals surface area contributed by atoms with Crippen LogP contribution < -0.4 is 4.74 Å². The van der Waals surface area contributed by atoms with Gasteiger partial charge >= 0.3 is 5.97 Å². The van der Waals surface area contributed by atoms with E-state index in [1.165, 1.54) is 22.3 Å². The van der Waals surface area contributed by atoms with E-state index in [4.69, 9.17) is 4.74 Å². The molecule has 1 aliphatic carbocycles. The van der Waals surface area contributed by atoms with Crippen molar-refractivity contribution in [1.29, 1.82) is 0 Å². The summed E-state index contributed by atoms with van der Waals surface area (Å²) in [5, 5.41) is 0. The van der Waals surface area contributed by atoms with Crippen molar-refractivity contribution in [1.82, 2.24) is 0 Å². The Morgan fingerprint density at radius 2 is 2.00 bits per heavy atom. The molecule has 0 saturated carbocycles. The van der Waals surface area contributed by atoms with Crippen molar-refractivity contribution in [2.75, 3.05) is 0 Å². The van der Waals surface area contributed by atoms with Gasteiger partial charge in [-0.1, -0.05) is 43.7 Å². The van der Waals surface area contributed by atoms with Crippen molar-refractivity contribution >= 4 is 5.97 Å². The topological polar surface area (TPSA) is 26.3 Å². The van der Waals surface area contributed by atoms with Crippen molar-refractivity contribution in [3.8, 4) is 16.9 Å². The van der Waals surface area contributed by atoms with Crippen molar-refractivity contribution in [3.05, 3.63) is 53.1 Å². The minimum Gasteiger partial charge on any atom is -0.426 e. The predicted octanol–water partition coefficient (Wildman–Crippen LogP) is 4.66. The van der Waals surface area contributed by atoms with Crippen LogP contribution in [0, 0.1) is 6.92 Å². The molecule has 2 aromatic rings. The number of carbonyl (C=O) groups excluding carboxylic acids is 1. The molecule has 108 valence electrons. The normalized spacial score (nSPS) is 11.9. The molecule has 0 bridgehead atoms. The van der Waals surface area contributed by atoms with Crippen molar-refractivity contribution in [3.63, 3.8) is 0 Å². The van der Waals surface area contributed by atoms with Crippen LogP contribution in [-0.4, -0.2) is 5.97 Å². The zero-order chi connectivity index (χ0) is 14.8. The molecule has 3 rings (SSSR count). The fourth-order valence-electron chi connectivity index (χ4n) is 3.02. The van der Waals surface area contributed by atoms with Crippen LogP contribution >= 0.6 is 0 Å². The summed E-state index contributed by atoms with van der Waals surface area (Å²) >= 11 is 0. The molecule has 0 saturated heterocycles. The lowest BCUT2D eigenvalue weighted by molar-refractivity contribution is -0.134. The molecule has 0 unspecified atom stereocenters. The lowest BCUT2D eigenvalue weighted by Crippen LogP contribution is -2.08. The number of fused-ring (bicyclic) bond motifs is 3. The Labute approximate surface area is 125 Å². The molecule has 2 nitrogen and oxygen atoms in total. The van der Waals surface area contributed by atoms with Gasteiger partial charge in [0.05, 0.1) is 0 Å². The highest BCUT2D eigenvalue weighted by atomic mass is 16.5. The molecule has 1 aliphatic rings. The minimum absolute atomic E-state index is 0.127. The molecule has 2 aromatic carbocycles. The van der Waals surface area contributed by atoms with Crippen LogP contribution in [0.15, 0.2) is 36.4 Å². The summed E-state index contributed by atoms with van der Waals surface area (Å²) in [7, 11) is 0. The molecular weight excluding hydrogens is 260 g/mol. The van der Waals surface area contributed by atoms with Crippen LogP contribution in [0.4, 0.5) is 0 Å². The Bertz CT molecular complexity index is 686. The molecular formula is C19H20O2. The molecule has 0 atom stereocenters. The quantitative estimate of drug-likeness (QED) is 0.513. The number of aryl methyl sites for hydroxylation is 1. The van der Waals surface area contributed by atoms with Gasteiger partial charge in [0.2, 0.25) is 0 Å². The second-order valence-corrected chi connectivity index (χ2v) is 5.65. The van der Waals surface area contributed by atoms with E-state index in [9.17, 15) is 4.79 Å². The first kappa shape index (κ1) is 13.9. The number of hydrogen-bond donors (Lipinski definition) is 0. The molecule has 0 aliphatic heterocycles. The average Bonchev–Trinajstić information content (AvgIpc) is 2.86. The molecule has 21 heavy (non-hydrogen) atoms. The zero-order valence-corrected chi connectivity index (χ0v) is 12.6. The van der Waals surface area contributed by atoms with Crippen LogP contribution in [0.2, 0.25) is 0 Å². The number of unbranched alkanes of at least 4 members (excludes halogenated alkanes) is 1. The minimum atomic E-state index is -0.127. The molecule has 0 aromatic heterocycles. The molecule has 0 spiro atoms. The number of carbonyl (C=O) groups is 1. The summed E-state index contributed by atoms with van der Waals surface area (Å²) in [4.78, 5) is 11.9.